The number of hydrogen-bond donors (Lipinski definition) is 0. The fourth-order valence-electron chi connectivity index (χ4n) is 4.03. The Bertz CT molecular complexity index is 1220. The van der Waals surface area contributed by atoms with E-state index in [0.717, 1.165) is 16.7 Å². The van der Waals surface area contributed by atoms with Crippen molar-refractivity contribution in [3.63, 3.8) is 0 Å². The molecule has 4 rings (SSSR count). The maximum atomic E-state index is 13.7. The zero-order valence-electron chi connectivity index (χ0n) is 19.0. The molecule has 33 heavy (non-hydrogen) atoms. The Morgan fingerprint density at radius 3 is 2.24 bits per heavy atom. The van der Waals surface area contributed by atoms with Crippen molar-refractivity contribution in [2.24, 2.45) is 0 Å². The molecule has 2 heterocycles. The highest BCUT2D eigenvalue weighted by Gasteiger charge is 2.42. The van der Waals surface area contributed by atoms with E-state index in [9.17, 15) is 14.0 Å². The zero-order chi connectivity index (χ0) is 23.5. The smallest absolute Gasteiger partial charge is 0.282 e. The van der Waals surface area contributed by atoms with E-state index in [1.54, 1.807) is 30.6 Å². The van der Waals surface area contributed by atoms with E-state index in [4.69, 9.17) is 0 Å². The SMILES string of the molecule is CCN(CCc1ccncc1)C1=C(c2ccc(F)cc2)C(=O)N(c2ccc(C)c(C)c2)C1=O. The van der Waals surface area contributed by atoms with Crippen LogP contribution in [0.4, 0.5) is 10.1 Å². The summed E-state index contributed by atoms with van der Waals surface area (Å²) in [5.41, 5.74) is 4.88. The van der Waals surface area contributed by atoms with Crippen molar-refractivity contribution in [2.45, 2.75) is 27.2 Å². The molecular formula is C27H26FN3O2. The second-order valence-electron chi connectivity index (χ2n) is 8.13. The topological polar surface area (TPSA) is 53.5 Å². The predicted molar refractivity (Wildman–Crippen MR) is 127 cm³/mol. The quantitative estimate of drug-likeness (QED) is 0.498. The Morgan fingerprint density at radius 2 is 1.61 bits per heavy atom. The number of aromatic nitrogens is 1. The van der Waals surface area contributed by atoms with Crippen LogP contribution in [0.1, 0.15) is 29.2 Å². The summed E-state index contributed by atoms with van der Waals surface area (Å²) in [5, 5.41) is 0. The number of halogens is 1. The molecule has 0 unspecified atom stereocenters. The maximum absolute atomic E-state index is 13.7. The second kappa shape index (κ2) is 9.36. The number of aryl methyl sites for hydroxylation is 2. The molecule has 0 saturated heterocycles. The van der Waals surface area contributed by atoms with E-state index in [1.165, 1.54) is 17.0 Å². The largest absolute Gasteiger partial charge is 0.366 e. The van der Waals surface area contributed by atoms with E-state index >= 15 is 0 Å². The van der Waals surface area contributed by atoms with Crippen LogP contribution in [-0.2, 0) is 16.0 Å². The molecule has 3 aromatic rings. The second-order valence-corrected chi connectivity index (χ2v) is 8.13. The minimum Gasteiger partial charge on any atom is -0.366 e. The van der Waals surface area contributed by atoms with Crippen LogP contribution in [0.15, 0.2) is 72.7 Å². The third-order valence-electron chi connectivity index (χ3n) is 6.06. The van der Waals surface area contributed by atoms with Gasteiger partial charge in [0.15, 0.2) is 0 Å². The summed E-state index contributed by atoms with van der Waals surface area (Å²) in [6, 6.07) is 15.1. The molecule has 0 atom stereocenters. The summed E-state index contributed by atoms with van der Waals surface area (Å²) in [5.74, 6) is -1.15. The van der Waals surface area contributed by atoms with Gasteiger partial charge in [-0.2, -0.15) is 0 Å². The van der Waals surface area contributed by atoms with Gasteiger partial charge in [-0.05, 0) is 85.8 Å². The highest BCUT2D eigenvalue weighted by molar-refractivity contribution is 6.45. The molecule has 0 bridgehead atoms. The molecule has 6 heteroatoms. The van der Waals surface area contributed by atoms with Crippen molar-refractivity contribution in [1.29, 1.82) is 0 Å². The van der Waals surface area contributed by atoms with Gasteiger partial charge in [0.25, 0.3) is 11.8 Å². The highest BCUT2D eigenvalue weighted by atomic mass is 19.1. The zero-order valence-corrected chi connectivity index (χ0v) is 19.0. The third-order valence-corrected chi connectivity index (χ3v) is 6.06. The summed E-state index contributed by atoms with van der Waals surface area (Å²) < 4.78 is 13.6. The Kier molecular flexibility index (Phi) is 6.36. The van der Waals surface area contributed by atoms with Crippen LogP contribution in [0.25, 0.3) is 5.57 Å². The molecule has 0 aliphatic carbocycles. The lowest BCUT2D eigenvalue weighted by atomic mass is 10.0. The molecule has 0 fully saturated rings. The van der Waals surface area contributed by atoms with Crippen LogP contribution >= 0.6 is 0 Å². The predicted octanol–water partition coefficient (Wildman–Crippen LogP) is 4.69. The summed E-state index contributed by atoms with van der Waals surface area (Å²) in [6.07, 6.45) is 4.17. The fraction of sp³-hybridized carbons (Fsp3) is 0.222. The van der Waals surface area contributed by atoms with Gasteiger partial charge in [-0.15, -0.1) is 0 Å². The average molecular weight is 444 g/mol. The summed E-state index contributed by atoms with van der Waals surface area (Å²) in [6.45, 7) is 6.99. The monoisotopic (exact) mass is 443 g/mol. The molecule has 2 amide bonds. The number of imide groups is 1. The van der Waals surface area contributed by atoms with E-state index in [0.29, 0.717) is 42.0 Å². The fourth-order valence-corrected chi connectivity index (χ4v) is 4.03. The standard InChI is InChI=1S/C27H26FN3O2/c1-4-30(16-13-20-11-14-29-15-12-20)25-24(21-6-8-22(28)9-7-21)26(32)31(27(25)33)23-10-5-18(2)19(3)17-23/h5-12,14-15,17H,4,13,16H2,1-3H3. The molecule has 0 spiro atoms. The van der Waals surface area contributed by atoms with Gasteiger partial charge in [0.1, 0.15) is 11.5 Å². The van der Waals surface area contributed by atoms with Crippen LogP contribution in [-0.4, -0.2) is 34.8 Å². The first-order valence-corrected chi connectivity index (χ1v) is 11.0. The molecule has 5 nitrogen and oxygen atoms in total. The van der Waals surface area contributed by atoms with Gasteiger partial charge in [0.05, 0.1) is 11.3 Å². The number of hydrogen-bond acceptors (Lipinski definition) is 4. The Morgan fingerprint density at radius 1 is 0.909 bits per heavy atom. The number of likely N-dealkylation sites (N-methyl/N-ethyl adjacent to an activating group) is 1. The van der Waals surface area contributed by atoms with Crippen molar-refractivity contribution in [3.8, 4) is 0 Å². The van der Waals surface area contributed by atoms with Crippen molar-refractivity contribution in [3.05, 3.63) is 101 Å². The number of pyridine rings is 1. The van der Waals surface area contributed by atoms with E-state index in [1.807, 2.05) is 49.9 Å². The molecular weight excluding hydrogens is 417 g/mol. The van der Waals surface area contributed by atoms with Gasteiger partial charge in [0.2, 0.25) is 0 Å². The van der Waals surface area contributed by atoms with Gasteiger partial charge in [0, 0.05) is 25.5 Å². The van der Waals surface area contributed by atoms with Crippen LogP contribution in [0.2, 0.25) is 0 Å². The lowest BCUT2D eigenvalue weighted by Gasteiger charge is -2.25. The van der Waals surface area contributed by atoms with Crippen LogP contribution in [0, 0.1) is 19.7 Å². The number of carbonyl (C=O) groups excluding carboxylic acids is 2. The molecule has 168 valence electrons. The number of nitrogens with zero attached hydrogens (tertiary/aromatic N) is 3. The first kappa shape index (κ1) is 22.4. The van der Waals surface area contributed by atoms with Crippen molar-refractivity contribution >= 4 is 23.1 Å². The number of anilines is 1. The van der Waals surface area contributed by atoms with Crippen molar-refractivity contribution < 1.29 is 14.0 Å². The lowest BCUT2D eigenvalue weighted by Crippen LogP contribution is -2.36. The summed E-state index contributed by atoms with van der Waals surface area (Å²) >= 11 is 0. The number of benzene rings is 2. The maximum Gasteiger partial charge on any atom is 0.282 e. The van der Waals surface area contributed by atoms with Crippen LogP contribution in [0.3, 0.4) is 0 Å². The minimum absolute atomic E-state index is 0.301. The van der Waals surface area contributed by atoms with Crippen LogP contribution in [0.5, 0.6) is 0 Å². The Balaban J connectivity index is 1.77. The van der Waals surface area contributed by atoms with Crippen molar-refractivity contribution in [2.75, 3.05) is 18.0 Å². The first-order valence-electron chi connectivity index (χ1n) is 11.0. The lowest BCUT2D eigenvalue weighted by molar-refractivity contribution is -0.120. The minimum atomic E-state index is -0.396. The molecule has 0 N–H and O–H groups in total. The first-order chi connectivity index (χ1) is 15.9. The third kappa shape index (κ3) is 4.42. The molecule has 1 aliphatic rings. The molecule has 0 radical (unpaired) electrons. The molecule has 2 aromatic carbocycles. The Labute approximate surface area is 193 Å². The van der Waals surface area contributed by atoms with Gasteiger partial charge in [-0.3, -0.25) is 14.6 Å². The van der Waals surface area contributed by atoms with Gasteiger partial charge >= 0.3 is 0 Å². The van der Waals surface area contributed by atoms with Gasteiger partial charge in [-0.25, -0.2) is 9.29 Å². The Hall–Kier alpha value is -3.80. The summed E-state index contributed by atoms with van der Waals surface area (Å²) in [4.78, 5) is 34.5. The number of carbonyl (C=O) groups is 2. The molecule has 0 saturated carbocycles. The van der Waals surface area contributed by atoms with E-state index in [-0.39, 0.29) is 5.91 Å². The van der Waals surface area contributed by atoms with E-state index < -0.39 is 11.7 Å². The van der Waals surface area contributed by atoms with Gasteiger partial charge in [-0.1, -0.05) is 18.2 Å². The van der Waals surface area contributed by atoms with Crippen LogP contribution < -0.4 is 4.90 Å². The van der Waals surface area contributed by atoms with Gasteiger partial charge < -0.3 is 4.90 Å². The number of rotatable bonds is 7. The molecule has 1 aliphatic heterocycles. The van der Waals surface area contributed by atoms with E-state index in [2.05, 4.69) is 4.98 Å². The normalized spacial score (nSPS) is 13.8. The highest BCUT2D eigenvalue weighted by Crippen LogP contribution is 2.35. The summed E-state index contributed by atoms with van der Waals surface area (Å²) in [7, 11) is 0. The molecule has 1 aromatic heterocycles. The van der Waals surface area contributed by atoms with Crippen molar-refractivity contribution in [1.82, 2.24) is 9.88 Å². The number of amides is 2. The average Bonchev–Trinajstić information content (AvgIpc) is 3.07.